The highest BCUT2D eigenvalue weighted by Crippen LogP contribution is 2.30. The van der Waals surface area contributed by atoms with Crippen molar-refractivity contribution in [1.82, 2.24) is 10.2 Å². The summed E-state index contributed by atoms with van der Waals surface area (Å²) < 4.78 is 5.35. The number of nitrogens with one attached hydrogen (secondary N) is 1. The molecule has 0 unspecified atom stereocenters. The molecule has 0 fully saturated rings. The molecule has 0 saturated carbocycles. The molecular formula is C15H8Cl2N4O4. The fourth-order valence-corrected chi connectivity index (χ4v) is 2.44. The van der Waals surface area contributed by atoms with Gasteiger partial charge in [-0.05, 0) is 30.3 Å². The third-order valence-corrected chi connectivity index (χ3v) is 3.70. The number of amides is 1. The summed E-state index contributed by atoms with van der Waals surface area (Å²) in [5.74, 6) is -0.437. The molecule has 0 aliphatic rings. The summed E-state index contributed by atoms with van der Waals surface area (Å²) in [6.45, 7) is 0. The van der Waals surface area contributed by atoms with Gasteiger partial charge in [-0.3, -0.25) is 20.2 Å². The standard InChI is InChI=1S/C15H8Cl2N4O4/c16-9-3-6-11(12(17)7-9)14-19-20-15(25-14)18-13(22)8-1-4-10(5-2-8)21(23)24/h1-7H,(H,18,20,22). The largest absolute Gasteiger partial charge is 0.403 e. The van der Waals surface area contributed by atoms with Gasteiger partial charge in [0, 0.05) is 22.7 Å². The summed E-state index contributed by atoms with van der Waals surface area (Å²) in [7, 11) is 0. The van der Waals surface area contributed by atoms with Crippen molar-refractivity contribution in [3.63, 3.8) is 0 Å². The lowest BCUT2D eigenvalue weighted by Gasteiger charge is -2.01. The molecule has 3 aromatic rings. The third kappa shape index (κ3) is 3.76. The predicted molar refractivity (Wildman–Crippen MR) is 90.8 cm³/mol. The Morgan fingerprint density at radius 1 is 1.12 bits per heavy atom. The number of carbonyl (C=O) groups is 1. The average Bonchev–Trinajstić information content (AvgIpc) is 3.03. The van der Waals surface area contributed by atoms with Gasteiger partial charge < -0.3 is 4.42 Å². The van der Waals surface area contributed by atoms with Gasteiger partial charge in [0.2, 0.25) is 0 Å². The summed E-state index contributed by atoms with van der Waals surface area (Å²) in [6.07, 6.45) is 0. The molecule has 0 aliphatic heterocycles. The molecule has 1 N–H and O–H groups in total. The van der Waals surface area contributed by atoms with E-state index < -0.39 is 10.8 Å². The Labute approximate surface area is 150 Å². The number of nitro benzene ring substituents is 1. The molecule has 0 aliphatic carbocycles. The molecular weight excluding hydrogens is 371 g/mol. The number of hydrogen-bond donors (Lipinski definition) is 1. The van der Waals surface area contributed by atoms with E-state index in [9.17, 15) is 14.9 Å². The maximum Gasteiger partial charge on any atom is 0.322 e. The van der Waals surface area contributed by atoms with E-state index in [1.165, 1.54) is 30.3 Å². The van der Waals surface area contributed by atoms with Gasteiger partial charge in [0.1, 0.15) is 0 Å². The summed E-state index contributed by atoms with van der Waals surface area (Å²) >= 11 is 11.9. The monoisotopic (exact) mass is 378 g/mol. The average molecular weight is 379 g/mol. The normalized spacial score (nSPS) is 10.5. The van der Waals surface area contributed by atoms with Crippen LogP contribution < -0.4 is 5.32 Å². The molecule has 0 bridgehead atoms. The van der Waals surface area contributed by atoms with Gasteiger partial charge >= 0.3 is 6.01 Å². The number of halogens is 2. The first-order valence-corrected chi connectivity index (χ1v) is 7.54. The number of rotatable bonds is 4. The molecule has 1 amide bonds. The smallest absolute Gasteiger partial charge is 0.322 e. The molecule has 1 aromatic heterocycles. The van der Waals surface area contributed by atoms with Crippen LogP contribution in [0.25, 0.3) is 11.5 Å². The predicted octanol–water partition coefficient (Wildman–Crippen LogP) is 4.20. The second kappa shape index (κ2) is 6.88. The van der Waals surface area contributed by atoms with Crippen molar-refractivity contribution in [2.24, 2.45) is 0 Å². The van der Waals surface area contributed by atoms with Crippen molar-refractivity contribution >= 4 is 40.8 Å². The van der Waals surface area contributed by atoms with Crippen molar-refractivity contribution in [2.75, 3.05) is 5.32 Å². The molecule has 10 heteroatoms. The second-order valence-electron chi connectivity index (χ2n) is 4.79. The Bertz CT molecular complexity index is 956. The van der Waals surface area contributed by atoms with Gasteiger partial charge in [-0.15, -0.1) is 5.10 Å². The number of hydrogen-bond acceptors (Lipinski definition) is 6. The maximum absolute atomic E-state index is 12.1. The van der Waals surface area contributed by atoms with Gasteiger partial charge in [-0.1, -0.05) is 28.3 Å². The quantitative estimate of drug-likeness (QED) is 0.537. The van der Waals surface area contributed by atoms with Gasteiger partial charge in [-0.2, -0.15) is 0 Å². The van der Waals surface area contributed by atoms with Crippen LogP contribution in [-0.4, -0.2) is 21.0 Å². The molecule has 0 atom stereocenters. The Hall–Kier alpha value is -2.97. The molecule has 0 saturated heterocycles. The van der Waals surface area contributed by atoms with Crippen molar-refractivity contribution in [3.8, 4) is 11.5 Å². The number of non-ortho nitro benzene ring substituents is 1. The van der Waals surface area contributed by atoms with Crippen LogP contribution in [0.15, 0.2) is 46.9 Å². The van der Waals surface area contributed by atoms with Crippen molar-refractivity contribution < 1.29 is 14.1 Å². The molecule has 25 heavy (non-hydrogen) atoms. The first-order chi connectivity index (χ1) is 11.9. The highest BCUT2D eigenvalue weighted by atomic mass is 35.5. The number of nitro groups is 1. The second-order valence-corrected chi connectivity index (χ2v) is 5.64. The topological polar surface area (TPSA) is 111 Å². The van der Waals surface area contributed by atoms with Crippen molar-refractivity contribution in [1.29, 1.82) is 0 Å². The Balaban J connectivity index is 1.76. The third-order valence-electron chi connectivity index (χ3n) is 3.15. The van der Waals surface area contributed by atoms with E-state index in [4.69, 9.17) is 27.6 Å². The van der Waals surface area contributed by atoms with E-state index in [2.05, 4.69) is 15.5 Å². The molecule has 0 spiro atoms. The number of benzene rings is 2. The number of anilines is 1. The SMILES string of the molecule is O=C(Nc1nnc(-c2ccc(Cl)cc2Cl)o1)c1ccc([N+](=O)[O-])cc1. The van der Waals surface area contributed by atoms with Crippen LogP contribution in [0.5, 0.6) is 0 Å². The van der Waals surface area contributed by atoms with E-state index in [-0.39, 0.29) is 23.2 Å². The minimum Gasteiger partial charge on any atom is -0.403 e. The molecule has 1 heterocycles. The van der Waals surface area contributed by atoms with E-state index in [0.29, 0.717) is 15.6 Å². The van der Waals surface area contributed by atoms with E-state index in [1.54, 1.807) is 12.1 Å². The number of carbonyl (C=O) groups excluding carboxylic acids is 1. The van der Waals surface area contributed by atoms with Crippen LogP contribution in [-0.2, 0) is 0 Å². The summed E-state index contributed by atoms with van der Waals surface area (Å²) in [6, 6.07) is 9.70. The van der Waals surface area contributed by atoms with E-state index in [0.717, 1.165) is 0 Å². The number of aromatic nitrogens is 2. The molecule has 8 nitrogen and oxygen atoms in total. The van der Waals surface area contributed by atoms with Crippen LogP contribution in [0.2, 0.25) is 10.0 Å². The minimum absolute atomic E-state index is 0.112. The van der Waals surface area contributed by atoms with Crippen LogP contribution in [0, 0.1) is 10.1 Å². The fourth-order valence-electron chi connectivity index (χ4n) is 1.95. The van der Waals surface area contributed by atoms with Crippen LogP contribution >= 0.6 is 23.2 Å². The zero-order valence-electron chi connectivity index (χ0n) is 12.3. The fraction of sp³-hybridized carbons (Fsp3) is 0. The highest BCUT2D eigenvalue weighted by Gasteiger charge is 2.15. The lowest BCUT2D eigenvalue weighted by atomic mass is 10.2. The van der Waals surface area contributed by atoms with Crippen molar-refractivity contribution in [3.05, 3.63) is 68.2 Å². The first kappa shape index (κ1) is 16.9. The minimum atomic E-state index is -0.554. The Morgan fingerprint density at radius 2 is 1.84 bits per heavy atom. The molecule has 0 radical (unpaired) electrons. The maximum atomic E-state index is 12.1. The van der Waals surface area contributed by atoms with Gasteiger partial charge in [0.15, 0.2) is 0 Å². The molecule has 2 aromatic carbocycles. The Kier molecular flexibility index (Phi) is 4.64. The van der Waals surface area contributed by atoms with Crippen LogP contribution in [0.4, 0.5) is 11.7 Å². The summed E-state index contributed by atoms with van der Waals surface area (Å²) in [5, 5.41) is 21.3. The highest BCUT2D eigenvalue weighted by molar-refractivity contribution is 6.36. The lowest BCUT2D eigenvalue weighted by Crippen LogP contribution is -2.12. The number of nitrogens with zero attached hydrogens (tertiary/aromatic N) is 3. The zero-order chi connectivity index (χ0) is 18.0. The van der Waals surface area contributed by atoms with E-state index in [1.807, 2.05) is 0 Å². The Morgan fingerprint density at radius 3 is 2.48 bits per heavy atom. The van der Waals surface area contributed by atoms with Crippen molar-refractivity contribution in [2.45, 2.75) is 0 Å². The lowest BCUT2D eigenvalue weighted by molar-refractivity contribution is -0.384. The van der Waals surface area contributed by atoms with Gasteiger partial charge in [0.25, 0.3) is 17.5 Å². The van der Waals surface area contributed by atoms with E-state index >= 15 is 0 Å². The van der Waals surface area contributed by atoms with Crippen LogP contribution in [0.1, 0.15) is 10.4 Å². The molecule has 3 rings (SSSR count). The summed E-state index contributed by atoms with van der Waals surface area (Å²) in [5.41, 5.74) is 0.554. The van der Waals surface area contributed by atoms with Gasteiger partial charge in [-0.25, -0.2) is 0 Å². The summed E-state index contributed by atoms with van der Waals surface area (Å²) in [4.78, 5) is 22.2. The van der Waals surface area contributed by atoms with Gasteiger partial charge in [0.05, 0.1) is 15.5 Å². The zero-order valence-corrected chi connectivity index (χ0v) is 13.8. The first-order valence-electron chi connectivity index (χ1n) is 6.79. The molecule has 126 valence electrons. The van der Waals surface area contributed by atoms with Crippen LogP contribution in [0.3, 0.4) is 0 Å².